The van der Waals surface area contributed by atoms with Crippen molar-refractivity contribution in [3.05, 3.63) is 51.5 Å². The first-order chi connectivity index (χ1) is 10.9. The molecule has 0 radical (unpaired) electrons. The average Bonchev–Trinajstić information content (AvgIpc) is 2.92. The van der Waals surface area contributed by atoms with Crippen LogP contribution in [0.5, 0.6) is 0 Å². The molecular formula is C15H18N2O4S2. The van der Waals surface area contributed by atoms with E-state index in [9.17, 15) is 13.2 Å². The van der Waals surface area contributed by atoms with E-state index in [4.69, 9.17) is 0 Å². The summed E-state index contributed by atoms with van der Waals surface area (Å²) in [6, 6.07) is 6.51. The maximum absolute atomic E-state index is 12.2. The number of methoxy groups -OCH3 is 1. The Balaban J connectivity index is 1.99. The maximum atomic E-state index is 12.2. The molecule has 6 nitrogen and oxygen atoms in total. The zero-order valence-electron chi connectivity index (χ0n) is 12.9. The van der Waals surface area contributed by atoms with Crippen LogP contribution in [0.4, 0.5) is 0 Å². The Kier molecular flexibility index (Phi) is 5.86. The Bertz CT molecular complexity index is 784. The molecule has 0 aliphatic heterocycles. The lowest BCUT2D eigenvalue weighted by atomic mass is 10.1. The normalized spacial score (nSPS) is 11.4. The van der Waals surface area contributed by atoms with Gasteiger partial charge >= 0.3 is 5.97 Å². The van der Waals surface area contributed by atoms with Gasteiger partial charge in [0.15, 0.2) is 0 Å². The number of aryl methyl sites for hydroxylation is 1. The summed E-state index contributed by atoms with van der Waals surface area (Å²) in [5.74, 6) is -0.817. The highest BCUT2D eigenvalue weighted by molar-refractivity contribution is 7.88. The molecule has 0 unspecified atom stereocenters. The van der Waals surface area contributed by atoms with Crippen molar-refractivity contribution in [2.24, 2.45) is 0 Å². The monoisotopic (exact) mass is 354 g/mol. The van der Waals surface area contributed by atoms with Crippen molar-refractivity contribution >= 4 is 27.3 Å². The van der Waals surface area contributed by atoms with Gasteiger partial charge in [0.25, 0.3) is 0 Å². The van der Waals surface area contributed by atoms with Gasteiger partial charge in [-0.3, -0.25) is 0 Å². The second kappa shape index (κ2) is 7.67. The lowest BCUT2D eigenvalue weighted by Crippen LogP contribution is -2.28. The Morgan fingerprint density at radius 1 is 1.35 bits per heavy atom. The molecule has 8 heteroatoms. The third-order valence-corrected chi connectivity index (χ3v) is 5.30. The van der Waals surface area contributed by atoms with Gasteiger partial charge in [-0.25, -0.2) is 22.9 Å². The molecule has 0 fully saturated rings. The molecule has 0 atom stereocenters. The van der Waals surface area contributed by atoms with E-state index in [-0.39, 0.29) is 17.9 Å². The third kappa shape index (κ3) is 5.12. The summed E-state index contributed by atoms with van der Waals surface area (Å²) in [6.07, 6.45) is 0.530. The fraction of sp³-hybridized carbons (Fsp3) is 0.333. The fourth-order valence-corrected chi connectivity index (χ4v) is 3.89. The van der Waals surface area contributed by atoms with Crippen LogP contribution in [0.1, 0.15) is 26.6 Å². The second-order valence-electron chi connectivity index (χ2n) is 4.91. The molecule has 0 bridgehead atoms. The van der Waals surface area contributed by atoms with Gasteiger partial charge in [-0.2, -0.15) is 0 Å². The van der Waals surface area contributed by atoms with E-state index in [1.807, 2.05) is 12.3 Å². The number of sulfonamides is 1. The van der Waals surface area contributed by atoms with E-state index in [0.717, 1.165) is 10.7 Å². The summed E-state index contributed by atoms with van der Waals surface area (Å²) in [6.45, 7) is 2.17. The van der Waals surface area contributed by atoms with Crippen molar-refractivity contribution in [3.63, 3.8) is 0 Å². The van der Waals surface area contributed by atoms with Gasteiger partial charge in [0.05, 0.1) is 29.1 Å². The molecule has 0 saturated heterocycles. The molecule has 0 saturated carbocycles. The number of carbonyl (C=O) groups is 1. The smallest absolute Gasteiger partial charge is 0.338 e. The minimum atomic E-state index is -3.54. The minimum Gasteiger partial charge on any atom is -0.465 e. The number of thiazole rings is 1. The third-order valence-electron chi connectivity index (χ3n) is 3.14. The highest BCUT2D eigenvalue weighted by atomic mass is 32.2. The Morgan fingerprint density at radius 2 is 2.09 bits per heavy atom. The van der Waals surface area contributed by atoms with Crippen LogP contribution < -0.4 is 4.72 Å². The van der Waals surface area contributed by atoms with E-state index in [1.165, 1.54) is 18.4 Å². The van der Waals surface area contributed by atoms with Crippen molar-refractivity contribution in [2.75, 3.05) is 13.7 Å². The first-order valence-corrected chi connectivity index (χ1v) is 9.49. The van der Waals surface area contributed by atoms with Gasteiger partial charge in [0.1, 0.15) is 0 Å². The zero-order chi connectivity index (χ0) is 16.9. The second-order valence-corrected chi connectivity index (χ2v) is 7.78. The molecule has 1 aromatic carbocycles. The van der Waals surface area contributed by atoms with Crippen molar-refractivity contribution in [2.45, 2.75) is 19.1 Å². The molecule has 0 aliphatic carbocycles. The number of hydrogen-bond acceptors (Lipinski definition) is 6. The van der Waals surface area contributed by atoms with Crippen LogP contribution in [0.2, 0.25) is 0 Å². The number of nitrogens with zero attached hydrogens (tertiary/aromatic N) is 1. The number of hydrogen-bond donors (Lipinski definition) is 1. The van der Waals surface area contributed by atoms with Crippen molar-refractivity contribution in [1.29, 1.82) is 0 Å². The average molecular weight is 354 g/mol. The zero-order valence-corrected chi connectivity index (χ0v) is 14.5. The van der Waals surface area contributed by atoms with Gasteiger partial charge in [-0.15, -0.1) is 11.3 Å². The molecule has 0 amide bonds. The topological polar surface area (TPSA) is 85.4 Å². The predicted molar refractivity (Wildman–Crippen MR) is 89.0 cm³/mol. The molecular weight excluding hydrogens is 336 g/mol. The molecule has 1 aromatic heterocycles. The first-order valence-electron chi connectivity index (χ1n) is 6.96. The molecule has 124 valence electrons. The Labute approximate surface area is 139 Å². The summed E-state index contributed by atoms with van der Waals surface area (Å²) in [7, 11) is -2.28. The standard InChI is InChI=1S/C15H18N2O4S2/c1-11-17-13(9-22-11)7-8-16-23(19,20)10-12-5-3-4-6-14(12)15(18)21-2/h3-6,9,16H,7-8,10H2,1-2H3. The fourth-order valence-electron chi connectivity index (χ4n) is 2.07. The van der Waals surface area contributed by atoms with Gasteiger partial charge in [0, 0.05) is 18.3 Å². The van der Waals surface area contributed by atoms with Gasteiger partial charge < -0.3 is 4.74 Å². The molecule has 2 aromatic rings. The number of esters is 1. The van der Waals surface area contributed by atoms with Crippen LogP contribution in [-0.4, -0.2) is 33.0 Å². The quantitative estimate of drug-likeness (QED) is 0.768. The summed E-state index contributed by atoms with van der Waals surface area (Å²) >= 11 is 1.53. The molecule has 0 spiro atoms. The van der Waals surface area contributed by atoms with E-state index < -0.39 is 16.0 Å². The number of carbonyl (C=O) groups excluding carboxylic acids is 1. The predicted octanol–water partition coefficient (Wildman–Crippen LogP) is 1.90. The van der Waals surface area contributed by atoms with Crippen molar-refractivity contribution < 1.29 is 17.9 Å². The largest absolute Gasteiger partial charge is 0.465 e. The van der Waals surface area contributed by atoms with E-state index in [1.54, 1.807) is 24.3 Å². The number of benzene rings is 1. The Morgan fingerprint density at radius 3 is 2.74 bits per heavy atom. The lowest BCUT2D eigenvalue weighted by molar-refractivity contribution is 0.0600. The maximum Gasteiger partial charge on any atom is 0.338 e. The van der Waals surface area contributed by atoms with Crippen LogP contribution in [0, 0.1) is 6.92 Å². The first kappa shape index (κ1) is 17.6. The van der Waals surface area contributed by atoms with Crippen LogP contribution in [0.15, 0.2) is 29.6 Å². The van der Waals surface area contributed by atoms with E-state index in [0.29, 0.717) is 12.0 Å². The molecule has 0 aliphatic rings. The van der Waals surface area contributed by atoms with Crippen molar-refractivity contribution in [1.82, 2.24) is 9.71 Å². The lowest BCUT2D eigenvalue weighted by Gasteiger charge is -2.09. The molecule has 1 N–H and O–H groups in total. The highest BCUT2D eigenvalue weighted by Crippen LogP contribution is 2.13. The number of ether oxygens (including phenoxy) is 1. The molecule has 2 rings (SSSR count). The van der Waals surface area contributed by atoms with Crippen LogP contribution in [-0.2, 0) is 26.9 Å². The van der Waals surface area contributed by atoms with Gasteiger partial charge in [-0.1, -0.05) is 18.2 Å². The van der Waals surface area contributed by atoms with Crippen LogP contribution in [0.3, 0.4) is 0 Å². The van der Waals surface area contributed by atoms with Gasteiger partial charge in [-0.05, 0) is 18.6 Å². The molecule has 23 heavy (non-hydrogen) atoms. The number of nitrogens with one attached hydrogen (secondary N) is 1. The number of aromatic nitrogens is 1. The minimum absolute atomic E-state index is 0.260. The summed E-state index contributed by atoms with van der Waals surface area (Å²) in [5.41, 5.74) is 1.54. The van der Waals surface area contributed by atoms with Gasteiger partial charge in [0.2, 0.25) is 10.0 Å². The summed E-state index contributed by atoms with van der Waals surface area (Å²) in [5, 5.41) is 2.87. The summed E-state index contributed by atoms with van der Waals surface area (Å²) < 4.78 is 31.6. The van der Waals surface area contributed by atoms with Crippen molar-refractivity contribution in [3.8, 4) is 0 Å². The number of rotatable bonds is 7. The highest BCUT2D eigenvalue weighted by Gasteiger charge is 2.17. The van der Waals surface area contributed by atoms with E-state index >= 15 is 0 Å². The Hall–Kier alpha value is -1.77. The molecule has 1 heterocycles. The van der Waals surface area contributed by atoms with Crippen LogP contribution in [0.25, 0.3) is 0 Å². The SMILES string of the molecule is COC(=O)c1ccccc1CS(=O)(=O)NCCc1csc(C)n1. The van der Waals surface area contributed by atoms with Crippen LogP contribution >= 0.6 is 11.3 Å². The van der Waals surface area contributed by atoms with E-state index in [2.05, 4.69) is 14.4 Å². The summed E-state index contributed by atoms with van der Waals surface area (Å²) in [4.78, 5) is 16.0.